The number of para-hydroxylation sites is 1. The number of carbonyl (C=O) groups is 1. The van der Waals surface area contributed by atoms with Crippen molar-refractivity contribution in [1.82, 2.24) is 15.6 Å². The Bertz CT molecular complexity index is 736. The zero-order valence-electron chi connectivity index (χ0n) is 12.3. The number of benzene rings is 1. The molecule has 4 rings (SSSR count). The van der Waals surface area contributed by atoms with Crippen LogP contribution in [0.5, 0.6) is 10.8 Å². The maximum absolute atomic E-state index is 12.3. The molecule has 23 heavy (non-hydrogen) atoms. The molecule has 0 saturated carbocycles. The van der Waals surface area contributed by atoms with Crippen LogP contribution >= 0.6 is 22.9 Å². The quantitative estimate of drug-likeness (QED) is 0.889. The van der Waals surface area contributed by atoms with Crippen LogP contribution in [0.3, 0.4) is 0 Å². The van der Waals surface area contributed by atoms with Gasteiger partial charge in [-0.25, -0.2) is 4.98 Å². The van der Waals surface area contributed by atoms with Crippen LogP contribution in [0.1, 0.15) is 29.1 Å². The van der Waals surface area contributed by atoms with Crippen molar-refractivity contribution in [3.63, 3.8) is 0 Å². The highest BCUT2D eigenvalue weighted by molar-refractivity contribution is 7.15. The van der Waals surface area contributed by atoms with E-state index < -0.39 is 0 Å². The first kappa shape index (κ1) is 14.9. The van der Waals surface area contributed by atoms with Crippen LogP contribution in [0, 0.1) is 0 Å². The number of halogens is 1. The minimum Gasteiger partial charge on any atom is -0.443 e. The van der Waals surface area contributed by atoms with Gasteiger partial charge in [-0.15, -0.1) is 0 Å². The van der Waals surface area contributed by atoms with Crippen molar-refractivity contribution in [2.75, 3.05) is 0 Å². The average molecular weight is 350 g/mol. The summed E-state index contributed by atoms with van der Waals surface area (Å²) >= 11 is 7.29. The van der Waals surface area contributed by atoms with Crippen LogP contribution in [-0.2, 0) is 0 Å². The van der Waals surface area contributed by atoms with E-state index in [0.29, 0.717) is 32.9 Å². The number of carbonyl (C=O) groups excluding carboxylic acids is 1. The second kappa shape index (κ2) is 6.11. The Morgan fingerprint density at radius 3 is 3.00 bits per heavy atom. The van der Waals surface area contributed by atoms with Gasteiger partial charge in [0.05, 0.1) is 11.2 Å². The molecule has 3 atom stereocenters. The number of amides is 1. The number of ether oxygens (including phenoxy) is 1. The molecule has 2 aromatic rings. The van der Waals surface area contributed by atoms with Gasteiger partial charge >= 0.3 is 0 Å². The van der Waals surface area contributed by atoms with Gasteiger partial charge in [0, 0.05) is 18.1 Å². The molecule has 0 spiro atoms. The molecule has 7 heteroatoms. The molecule has 2 N–H and O–H groups in total. The fourth-order valence-electron chi connectivity index (χ4n) is 3.26. The van der Waals surface area contributed by atoms with Crippen molar-refractivity contribution in [1.29, 1.82) is 0 Å². The predicted octanol–water partition coefficient (Wildman–Crippen LogP) is 3.21. The molecular weight excluding hydrogens is 334 g/mol. The van der Waals surface area contributed by atoms with Gasteiger partial charge in [0.15, 0.2) is 5.01 Å². The highest BCUT2D eigenvalue weighted by atomic mass is 35.5. The molecule has 2 aliphatic rings. The monoisotopic (exact) mass is 349 g/mol. The van der Waals surface area contributed by atoms with Crippen molar-refractivity contribution >= 4 is 28.8 Å². The van der Waals surface area contributed by atoms with Crippen molar-refractivity contribution < 1.29 is 9.53 Å². The second-order valence-electron chi connectivity index (χ2n) is 5.88. The van der Waals surface area contributed by atoms with E-state index in [0.717, 1.165) is 12.8 Å². The molecule has 1 aromatic carbocycles. The van der Waals surface area contributed by atoms with Crippen LogP contribution in [0.25, 0.3) is 0 Å². The molecule has 2 fully saturated rings. The number of thiazole rings is 1. The molecule has 2 aliphatic heterocycles. The Morgan fingerprint density at radius 2 is 2.26 bits per heavy atom. The number of rotatable bonds is 4. The predicted molar refractivity (Wildman–Crippen MR) is 89.5 cm³/mol. The van der Waals surface area contributed by atoms with Gasteiger partial charge in [-0.3, -0.25) is 4.79 Å². The van der Waals surface area contributed by atoms with E-state index in [9.17, 15) is 4.79 Å². The molecule has 0 aliphatic carbocycles. The van der Waals surface area contributed by atoms with E-state index in [-0.39, 0.29) is 11.9 Å². The summed E-state index contributed by atoms with van der Waals surface area (Å²) in [5.41, 5.74) is 0. The minimum absolute atomic E-state index is 0.136. The Labute approximate surface area is 143 Å². The molecule has 120 valence electrons. The molecule has 0 radical (unpaired) electrons. The average Bonchev–Trinajstić information content (AvgIpc) is 3.26. The fourth-order valence-corrected chi connectivity index (χ4v) is 4.12. The van der Waals surface area contributed by atoms with Crippen molar-refractivity contribution in [3.8, 4) is 10.8 Å². The molecular formula is C16H16ClN3O2S. The molecule has 2 bridgehead atoms. The first-order chi connectivity index (χ1) is 11.2. The van der Waals surface area contributed by atoms with Crippen LogP contribution in [-0.4, -0.2) is 29.0 Å². The summed E-state index contributed by atoms with van der Waals surface area (Å²) in [6.07, 6.45) is 4.91. The number of nitrogens with one attached hydrogen (secondary N) is 2. The van der Waals surface area contributed by atoms with Gasteiger partial charge in [-0.05, 0) is 31.4 Å². The first-order valence-corrected chi connectivity index (χ1v) is 8.83. The van der Waals surface area contributed by atoms with Crippen LogP contribution in [0.4, 0.5) is 0 Å². The summed E-state index contributed by atoms with van der Waals surface area (Å²) in [7, 11) is 0. The SMILES string of the molecule is O=C(NC1CC2CCC1N2)c1ncc(Oc2ccccc2Cl)s1. The van der Waals surface area contributed by atoms with E-state index >= 15 is 0 Å². The Hall–Kier alpha value is -1.63. The van der Waals surface area contributed by atoms with Crippen LogP contribution in [0.15, 0.2) is 30.5 Å². The largest absolute Gasteiger partial charge is 0.443 e. The summed E-state index contributed by atoms with van der Waals surface area (Å²) < 4.78 is 5.69. The van der Waals surface area contributed by atoms with Gasteiger partial charge in [0.2, 0.25) is 5.06 Å². The lowest BCUT2D eigenvalue weighted by atomic mass is 9.95. The highest BCUT2D eigenvalue weighted by Gasteiger charge is 2.39. The summed E-state index contributed by atoms with van der Waals surface area (Å²) in [5, 5.41) is 8.08. The third-order valence-corrected chi connectivity index (χ3v) is 5.53. The lowest BCUT2D eigenvalue weighted by Gasteiger charge is -2.20. The second-order valence-corrected chi connectivity index (χ2v) is 7.28. The molecule has 1 amide bonds. The molecule has 3 unspecified atom stereocenters. The third-order valence-electron chi connectivity index (χ3n) is 4.34. The number of fused-ring (bicyclic) bond motifs is 2. The molecule has 3 heterocycles. The highest BCUT2D eigenvalue weighted by Crippen LogP contribution is 2.33. The van der Waals surface area contributed by atoms with E-state index in [1.165, 1.54) is 17.8 Å². The van der Waals surface area contributed by atoms with Crippen molar-refractivity contribution in [3.05, 3.63) is 40.5 Å². The zero-order chi connectivity index (χ0) is 15.8. The maximum atomic E-state index is 12.3. The lowest BCUT2D eigenvalue weighted by molar-refractivity contribution is 0.0930. The smallest absolute Gasteiger partial charge is 0.280 e. The first-order valence-electron chi connectivity index (χ1n) is 7.64. The fraction of sp³-hybridized carbons (Fsp3) is 0.375. The van der Waals surface area contributed by atoms with Crippen LogP contribution < -0.4 is 15.4 Å². The normalized spacial score (nSPS) is 25.5. The van der Waals surface area contributed by atoms with Gasteiger partial charge in [-0.1, -0.05) is 35.1 Å². The summed E-state index contributed by atoms with van der Waals surface area (Å²) in [5.74, 6) is 0.422. The summed E-state index contributed by atoms with van der Waals surface area (Å²) in [6.45, 7) is 0. The molecule has 1 aromatic heterocycles. The van der Waals surface area contributed by atoms with Crippen molar-refractivity contribution in [2.24, 2.45) is 0 Å². The van der Waals surface area contributed by atoms with Crippen molar-refractivity contribution in [2.45, 2.75) is 37.4 Å². The third kappa shape index (κ3) is 3.06. The van der Waals surface area contributed by atoms with Gasteiger partial charge < -0.3 is 15.4 Å². The van der Waals surface area contributed by atoms with E-state index in [4.69, 9.17) is 16.3 Å². The topological polar surface area (TPSA) is 63.2 Å². The van der Waals surface area contributed by atoms with Gasteiger partial charge in [-0.2, -0.15) is 0 Å². The van der Waals surface area contributed by atoms with E-state index in [2.05, 4.69) is 15.6 Å². The molecule has 2 saturated heterocycles. The van der Waals surface area contributed by atoms with Gasteiger partial charge in [0.1, 0.15) is 5.75 Å². The zero-order valence-corrected chi connectivity index (χ0v) is 13.9. The standard InChI is InChI=1S/C16H16ClN3O2S/c17-10-3-1-2-4-13(10)22-14-8-18-16(23-14)15(21)20-12-7-9-5-6-11(12)19-9/h1-4,8-9,11-12,19H,5-7H2,(H,20,21). The Kier molecular flexibility index (Phi) is 3.97. The maximum Gasteiger partial charge on any atom is 0.280 e. The summed E-state index contributed by atoms with van der Waals surface area (Å²) in [4.78, 5) is 16.5. The number of aromatic nitrogens is 1. The lowest BCUT2D eigenvalue weighted by Crippen LogP contribution is -2.42. The van der Waals surface area contributed by atoms with Gasteiger partial charge in [0.25, 0.3) is 5.91 Å². The number of hydrogen-bond acceptors (Lipinski definition) is 5. The summed E-state index contributed by atoms with van der Waals surface area (Å²) in [6, 6.07) is 8.39. The van der Waals surface area contributed by atoms with E-state index in [1.54, 1.807) is 18.3 Å². The Morgan fingerprint density at radius 1 is 1.39 bits per heavy atom. The Balaban J connectivity index is 1.41. The number of hydrogen-bond donors (Lipinski definition) is 2. The molecule has 5 nitrogen and oxygen atoms in total. The minimum atomic E-state index is -0.136. The number of nitrogens with zero attached hydrogens (tertiary/aromatic N) is 1. The van der Waals surface area contributed by atoms with Crippen LogP contribution in [0.2, 0.25) is 5.02 Å². The van der Waals surface area contributed by atoms with E-state index in [1.807, 2.05) is 12.1 Å².